The maximum absolute atomic E-state index is 9.83. The zero-order valence-electron chi connectivity index (χ0n) is 23.7. The van der Waals surface area contributed by atoms with Gasteiger partial charge in [-0.1, -0.05) is 42.5 Å². The molecule has 0 spiro atoms. The van der Waals surface area contributed by atoms with E-state index in [4.69, 9.17) is 9.15 Å². The second-order valence-electron chi connectivity index (χ2n) is 10.7. The molecule has 0 radical (unpaired) electrons. The van der Waals surface area contributed by atoms with E-state index in [2.05, 4.69) is 81.2 Å². The van der Waals surface area contributed by atoms with Crippen molar-refractivity contribution in [2.24, 2.45) is 0 Å². The predicted molar refractivity (Wildman–Crippen MR) is 167 cm³/mol. The SMILES string of the molecule is N#Cc1cnc2cc(-c3cccc(CNCCCN4CCOCC4)c3)ccc2c1Nc1ccc(Cc2ccoc2)cc1. The molecule has 0 saturated carbocycles. The van der Waals surface area contributed by atoms with Crippen molar-refractivity contribution in [3.63, 3.8) is 0 Å². The number of morpholine rings is 1. The van der Waals surface area contributed by atoms with E-state index in [1.807, 2.05) is 18.2 Å². The highest BCUT2D eigenvalue weighted by atomic mass is 16.5. The summed E-state index contributed by atoms with van der Waals surface area (Å²) in [5.41, 5.74) is 8.89. The first-order valence-corrected chi connectivity index (χ1v) is 14.6. The first-order chi connectivity index (χ1) is 20.7. The first-order valence-electron chi connectivity index (χ1n) is 14.6. The van der Waals surface area contributed by atoms with Gasteiger partial charge in [-0.2, -0.15) is 5.26 Å². The van der Waals surface area contributed by atoms with Gasteiger partial charge in [0.25, 0.3) is 0 Å². The van der Waals surface area contributed by atoms with Crippen molar-refractivity contribution in [1.82, 2.24) is 15.2 Å². The van der Waals surface area contributed by atoms with Gasteiger partial charge in [-0.25, -0.2) is 0 Å². The van der Waals surface area contributed by atoms with E-state index < -0.39 is 0 Å². The molecule has 2 aromatic heterocycles. The molecule has 3 aromatic carbocycles. The third kappa shape index (κ3) is 6.87. The molecule has 7 nitrogen and oxygen atoms in total. The molecule has 42 heavy (non-hydrogen) atoms. The van der Waals surface area contributed by atoms with Crippen molar-refractivity contribution in [2.45, 2.75) is 19.4 Å². The number of rotatable bonds is 11. The molecule has 1 aliphatic rings. The number of benzene rings is 3. The number of anilines is 2. The van der Waals surface area contributed by atoms with Gasteiger partial charge in [0.1, 0.15) is 6.07 Å². The monoisotopic (exact) mass is 557 g/mol. The fraction of sp³-hybridized carbons (Fsp3) is 0.257. The first kappa shape index (κ1) is 27.7. The van der Waals surface area contributed by atoms with Crippen LogP contribution in [0.4, 0.5) is 11.4 Å². The Morgan fingerprint density at radius 1 is 0.905 bits per heavy atom. The quantitative estimate of drug-likeness (QED) is 0.179. The lowest BCUT2D eigenvalue weighted by Crippen LogP contribution is -2.37. The predicted octanol–water partition coefficient (Wildman–Crippen LogP) is 6.51. The van der Waals surface area contributed by atoms with Crippen LogP contribution in [0.5, 0.6) is 0 Å². The van der Waals surface area contributed by atoms with Gasteiger partial charge >= 0.3 is 0 Å². The number of aromatic nitrogens is 1. The molecule has 6 rings (SSSR count). The Bertz CT molecular complexity index is 1650. The second kappa shape index (κ2) is 13.5. The van der Waals surface area contributed by atoms with Gasteiger partial charge in [0.05, 0.1) is 42.5 Å². The summed E-state index contributed by atoms with van der Waals surface area (Å²) in [4.78, 5) is 7.10. The summed E-state index contributed by atoms with van der Waals surface area (Å²) < 4.78 is 10.6. The lowest BCUT2D eigenvalue weighted by molar-refractivity contribution is 0.0374. The van der Waals surface area contributed by atoms with Crippen LogP contribution in [-0.4, -0.2) is 49.3 Å². The molecule has 1 aliphatic heterocycles. The van der Waals surface area contributed by atoms with Crippen LogP contribution in [0.1, 0.15) is 28.7 Å². The van der Waals surface area contributed by atoms with Crippen molar-refractivity contribution >= 4 is 22.3 Å². The number of nitrogens with zero attached hydrogens (tertiary/aromatic N) is 3. The van der Waals surface area contributed by atoms with Crippen LogP contribution in [-0.2, 0) is 17.7 Å². The molecule has 0 unspecified atom stereocenters. The largest absolute Gasteiger partial charge is 0.472 e. The third-order valence-corrected chi connectivity index (χ3v) is 7.72. The molecule has 5 aromatic rings. The lowest BCUT2D eigenvalue weighted by Gasteiger charge is -2.26. The minimum Gasteiger partial charge on any atom is -0.472 e. The Morgan fingerprint density at radius 3 is 2.57 bits per heavy atom. The average molecular weight is 558 g/mol. The third-order valence-electron chi connectivity index (χ3n) is 7.72. The van der Waals surface area contributed by atoms with Gasteiger partial charge in [0.2, 0.25) is 0 Å². The zero-order valence-corrected chi connectivity index (χ0v) is 23.7. The normalized spacial score (nSPS) is 13.7. The summed E-state index contributed by atoms with van der Waals surface area (Å²) in [5, 5.41) is 17.8. The fourth-order valence-electron chi connectivity index (χ4n) is 5.42. The van der Waals surface area contributed by atoms with Crippen molar-refractivity contribution in [3.8, 4) is 17.2 Å². The van der Waals surface area contributed by atoms with Crippen molar-refractivity contribution in [3.05, 3.63) is 114 Å². The number of nitrogens with one attached hydrogen (secondary N) is 2. The minimum atomic E-state index is 0.513. The van der Waals surface area contributed by atoms with Gasteiger partial charge in [-0.05, 0) is 77.7 Å². The van der Waals surface area contributed by atoms with E-state index in [0.29, 0.717) is 5.56 Å². The number of pyridine rings is 1. The number of ether oxygens (including phenoxy) is 1. The Morgan fingerprint density at radius 2 is 1.76 bits per heavy atom. The van der Waals surface area contributed by atoms with Crippen molar-refractivity contribution in [2.75, 3.05) is 44.7 Å². The van der Waals surface area contributed by atoms with Gasteiger partial charge in [-0.3, -0.25) is 9.88 Å². The highest BCUT2D eigenvalue weighted by Crippen LogP contribution is 2.32. The van der Waals surface area contributed by atoms with Gasteiger partial charge in [0, 0.05) is 43.3 Å². The Balaban J connectivity index is 1.13. The highest BCUT2D eigenvalue weighted by molar-refractivity contribution is 5.97. The molecule has 2 N–H and O–H groups in total. The molecule has 3 heterocycles. The van der Waals surface area contributed by atoms with Crippen LogP contribution in [0, 0.1) is 11.3 Å². The molecule has 0 bridgehead atoms. The van der Waals surface area contributed by atoms with E-state index in [1.165, 1.54) is 11.1 Å². The fourth-order valence-corrected chi connectivity index (χ4v) is 5.42. The van der Waals surface area contributed by atoms with Crippen molar-refractivity contribution < 1.29 is 9.15 Å². The molecule has 7 heteroatoms. The molecule has 1 fully saturated rings. The molecule has 1 saturated heterocycles. The Hall–Kier alpha value is -4.48. The summed E-state index contributed by atoms with van der Waals surface area (Å²) in [6.45, 7) is 6.72. The number of hydrogen-bond donors (Lipinski definition) is 2. The number of fused-ring (bicyclic) bond motifs is 1. The topological polar surface area (TPSA) is 86.4 Å². The van der Waals surface area contributed by atoms with Crippen LogP contribution in [0.2, 0.25) is 0 Å². The summed E-state index contributed by atoms with van der Waals surface area (Å²) in [6, 6.07) is 27.5. The summed E-state index contributed by atoms with van der Waals surface area (Å²) in [5.74, 6) is 0. The average Bonchev–Trinajstić information content (AvgIpc) is 3.55. The van der Waals surface area contributed by atoms with Crippen molar-refractivity contribution in [1.29, 1.82) is 5.26 Å². The van der Waals surface area contributed by atoms with Gasteiger partial charge < -0.3 is 19.8 Å². The van der Waals surface area contributed by atoms with E-state index >= 15 is 0 Å². The standard InChI is InChI=1S/C35H35N5O2/c36-22-31-24-38-34-21-30(29-4-1-3-27(20-29)23-37-12-2-13-40-14-17-41-18-15-40)7-10-33(34)35(31)39-32-8-5-26(6-9-32)19-28-11-16-42-25-28/h1,3-11,16,20-21,24-25,37H,2,12-15,17-19,23H2,(H,38,39). The smallest absolute Gasteiger partial charge is 0.103 e. The minimum absolute atomic E-state index is 0.513. The number of nitriles is 1. The summed E-state index contributed by atoms with van der Waals surface area (Å²) in [7, 11) is 0. The van der Waals surface area contributed by atoms with E-state index in [0.717, 1.165) is 97.7 Å². The molecule has 212 valence electrons. The second-order valence-corrected chi connectivity index (χ2v) is 10.7. The maximum Gasteiger partial charge on any atom is 0.103 e. The van der Waals surface area contributed by atoms with Gasteiger partial charge in [-0.15, -0.1) is 0 Å². The lowest BCUT2D eigenvalue weighted by atomic mass is 10.00. The molecule has 0 amide bonds. The molecule has 0 atom stereocenters. The highest BCUT2D eigenvalue weighted by Gasteiger charge is 2.12. The zero-order chi connectivity index (χ0) is 28.6. The molecular formula is C35H35N5O2. The summed E-state index contributed by atoms with van der Waals surface area (Å²) in [6.07, 6.45) is 7.06. The molecule has 0 aliphatic carbocycles. The Kier molecular flexibility index (Phi) is 8.87. The number of hydrogen-bond acceptors (Lipinski definition) is 7. The maximum atomic E-state index is 9.83. The van der Waals surface area contributed by atoms with Crippen LogP contribution in [0.15, 0.2) is 95.9 Å². The Labute approximate surface area is 246 Å². The van der Waals surface area contributed by atoms with Crippen LogP contribution in [0.25, 0.3) is 22.0 Å². The van der Waals surface area contributed by atoms with Crippen LogP contribution in [0.3, 0.4) is 0 Å². The van der Waals surface area contributed by atoms with E-state index in [9.17, 15) is 5.26 Å². The van der Waals surface area contributed by atoms with Crippen LogP contribution < -0.4 is 10.6 Å². The number of furan rings is 1. The van der Waals surface area contributed by atoms with E-state index in [-0.39, 0.29) is 0 Å². The molecular weight excluding hydrogens is 522 g/mol. The summed E-state index contributed by atoms with van der Waals surface area (Å²) >= 11 is 0. The van der Waals surface area contributed by atoms with Gasteiger partial charge in [0.15, 0.2) is 0 Å². The van der Waals surface area contributed by atoms with E-state index in [1.54, 1.807) is 18.7 Å². The van der Waals surface area contributed by atoms with Crippen LogP contribution >= 0.6 is 0 Å².